The van der Waals surface area contributed by atoms with Crippen molar-refractivity contribution in [3.63, 3.8) is 0 Å². The molecule has 0 fully saturated rings. The van der Waals surface area contributed by atoms with E-state index < -0.39 is 0 Å². The smallest absolute Gasteiger partial charge is 0.255 e. The molecule has 0 aliphatic carbocycles. The Morgan fingerprint density at radius 2 is 1.90 bits per heavy atom. The molecule has 0 saturated carbocycles. The van der Waals surface area contributed by atoms with Crippen LogP contribution in [-0.4, -0.2) is 28.9 Å². The van der Waals surface area contributed by atoms with Gasteiger partial charge in [-0.25, -0.2) is 4.98 Å². The lowest BCUT2D eigenvalue weighted by Crippen LogP contribution is -2.31. The number of nitrogens with zero attached hydrogens (tertiary/aromatic N) is 2. The molecule has 3 nitrogen and oxygen atoms in total. The first kappa shape index (κ1) is 14.3. The van der Waals surface area contributed by atoms with Gasteiger partial charge in [0.1, 0.15) is 5.15 Å². The van der Waals surface area contributed by atoms with Gasteiger partial charge in [0.05, 0.1) is 11.1 Å². The average Bonchev–Trinajstić information content (AvgIpc) is 2.45. The minimum atomic E-state index is -0.106. The van der Waals surface area contributed by atoms with Gasteiger partial charge in [-0.2, -0.15) is 0 Å². The van der Waals surface area contributed by atoms with Crippen molar-refractivity contribution in [2.45, 2.75) is 0 Å². The largest absolute Gasteiger partial charge is 0.331 e. The van der Waals surface area contributed by atoms with Gasteiger partial charge in [0.25, 0.3) is 5.91 Å². The number of aromatic nitrogens is 1. The van der Waals surface area contributed by atoms with Crippen molar-refractivity contribution < 1.29 is 4.79 Å². The molecule has 0 saturated heterocycles. The maximum atomic E-state index is 12.6. The van der Waals surface area contributed by atoms with Crippen LogP contribution in [0.2, 0.25) is 5.15 Å². The van der Waals surface area contributed by atoms with Gasteiger partial charge < -0.3 is 4.90 Å². The minimum Gasteiger partial charge on any atom is -0.331 e. The van der Waals surface area contributed by atoms with E-state index in [1.54, 1.807) is 23.1 Å². The lowest BCUT2D eigenvalue weighted by atomic mass is 10.1. The molecule has 0 aliphatic rings. The lowest BCUT2D eigenvalue weighted by molar-refractivity contribution is 0.0792. The van der Waals surface area contributed by atoms with Crippen LogP contribution in [0.3, 0.4) is 0 Å². The van der Waals surface area contributed by atoms with Crippen LogP contribution in [0.15, 0.2) is 55.6 Å². The van der Waals surface area contributed by atoms with Crippen molar-refractivity contribution in [1.82, 2.24) is 9.88 Å². The molecule has 4 heteroatoms. The summed E-state index contributed by atoms with van der Waals surface area (Å²) >= 11 is 6.00. The van der Waals surface area contributed by atoms with Gasteiger partial charge in [-0.1, -0.05) is 42.0 Å². The molecule has 1 heterocycles. The third-order valence-corrected chi connectivity index (χ3v) is 3.10. The van der Waals surface area contributed by atoms with Crippen LogP contribution < -0.4 is 0 Å². The summed E-state index contributed by atoms with van der Waals surface area (Å²) in [5.41, 5.74) is 1.25. The molecule has 0 N–H and O–H groups in total. The highest BCUT2D eigenvalue weighted by atomic mass is 35.5. The Balaban J connectivity index is 2.52. The molecule has 0 bridgehead atoms. The van der Waals surface area contributed by atoms with Gasteiger partial charge in [-0.15, -0.1) is 13.2 Å². The second-order valence-electron chi connectivity index (χ2n) is 4.30. The molecular formula is C16H15ClN2O. The van der Waals surface area contributed by atoms with E-state index in [1.165, 1.54) is 0 Å². The molecule has 1 amide bonds. The molecule has 0 atom stereocenters. The topological polar surface area (TPSA) is 33.2 Å². The zero-order valence-corrected chi connectivity index (χ0v) is 11.8. The van der Waals surface area contributed by atoms with Crippen LogP contribution in [-0.2, 0) is 0 Å². The van der Waals surface area contributed by atoms with Gasteiger partial charge >= 0.3 is 0 Å². The first-order valence-electron chi connectivity index (χ1n) is 6.23. The quantitative estimate of drug-likeness (QED) is 0.620. The highest BCUT2D eigenvalue weighted by Crippen LogP contribution is 2.22. The van der Waals surface area contributed by atoms with Gasteiger partial charge in [0.2, 0.25) is 0 Å². The first-order valence-corrected chi connectivity index (χ1v) is 6.61. The summed E-state index contributed by atoms with van der Waals surface area (Å²) in [6.45, 7) is 8.26. The monoisotopic (exact) mass is 286 g/mol. The number of carbonyl (C=O) groups excluding carboxylic acids is 1. The number of fused-ring (bicyclic) bond motifs is 1. The molecule has 102 valence electrons. The molecule has 0 radical (unpaired) electrons. The predicted octanol–water partition coefficient (Wildman–Crippen LogP) is 3.70. The van der Waals surface area contributed by atoms with E-state index in [0.29, 0.717) is 29.3 Å². The average molecular weight is 287 g/mol. The molecule has 0 unspecified atom stereocenters. The molecule has 1 aromatic heterocycles. The maximum Gasteiger partial charge on any atom is 0.255 e. The van der Waals surface area contributed by atoms with E-state index >= 15 is 0 Å². The van der Waals surface area contributed by atoms with Crippen molar-refractivity contribution in [2.24, 2.45) is 0 Å². The number of hydrogen-bond donors (Lipinski definition) is 0. The summed E-state index contributed by atoms with van der Waals surface area (Å²) < 4.78 is 0. The number of rotatable bonds is 5. The second kappa shape index (κ2) is 6.35. The fourth-order valence-corrected chi connectivity index (χ4v) is 2.24. The molecule has 1 aromatic carbocycles. The molecule has 2 aromatic rings. The Labute approximate surface area is 123 Å². The number of carbonyl (C=O) groups is 1. The minimum absolute atomic E-state index is 0.106. The summed E-state index contributed by atoms with van der Waals surface area (Å²) in [5, 5.41) is 1.10. The number of hydrogen-bond acceptors (Lipinski definition) is 2. The van der Waals surface area contributed by atoms with E-state index in [9.17, 15) is 4.79 Å². The fraction of sp³-hybridized carbons (Fsp3) is 0.125. The molecule has 2 rings (SSSR count). The lowest BCUT2D eigenvalue weighted by Gasteiger charge is -2.20. The van der Waals surface area contributed by atoms with Crippen molar-refractivity contribution in [1.29, 1.82) is 0 Å². The van der Waals surface area contributed by atoms with Crippen molar-refractivity contribution >= 4 is 28.4 Å². The number of amides is 1. The maximum absolute atomic E-state index is 12.6. The standard InChI is InChI=1S/C16H15ClN2O/c1-3-9-19(10-4-2)16(20)13-11-15(17)18-14-8-6-5-7-12(13)14/h3-8,11H,1-2,9-10H2. The van der Waals surface area contributed by atoms with Crippen molar-refractivity contribution in [3.8, 4) is 0 Å². The third-order valence-electron chi connectivity index (χ3n) is 2.90. The highest BCUT2D eigenvalue weighted by molar-refractivity contribution is 6.30. The Kier molecular flexibility index (Phi) is 4.53. The number of benzene rings is 1. The van der Waals surface area contributed by atoms with Crippen molar-refractivity contribution in [2.75, 3.05) is 13.1 Å². The van der Waals surface area contributed by atoms with Gasteiger partial charge in [-0.3, -0.25) is 4.79 Å². The number of para-hydroxylation sites is 1. The summed E-state index contributed by atoms with van der Waals surface area (Å²) in [6, 6.07) is 9.05. The Morgan fingerprint density at radius 3 is 2.55 bits per heavy atom. The zero-order chi connectivity index (χ0) is 14.5. The van der Waals surface area contributed by atoms with Crippen molar-refractivity contribution in [3.05, 3.63) is 66.4 Å². The van der Waals surface area contributed by atoms with Crippen LogP contribution in [0.4, 0.5) is 0 Å². The Hall–Kier alpha value is -2.13. The van der Waals surface area contributed by atoms with E-state index in [1.807, 2.05) is 24.3 Å². The van der Waals surface area contributed by atoms with Crippen LogP contribution in [0.1, 0.15) is 10.4 Å². The summed E-state index contributed by atoms with van der Waals surface area (Å²) in [7, 11) is 0. The Bertz CT molecular complexity index is 657. The second-order valence-corrected chi connectivity index (χ2v) is 4.68. The SMILES string of the molecule is C=CCN(CC=C)C(=O)c1cc(Cl)nc2ccccc12. The van der Waals surface area contributed by atoms with E-state index in [0.717, 1.165) is 5.39 Å². The van der Waals surface area contributed by atoms with Crippen LogP contribution in [0.25, 0.3) is 10.9 Å². The predicted molar refractivity (Wildman–Crippen MR) is 83.1 cm³/mol. The Morgan fingerprint density at radius 1 is 1.25 bits per heavy atom. The van der Waals surface area contributed by atoms with Gasteiger partial charge in [0.15, 0.2) is 0 Å². The molecule has 20 heavy (non-hydrogen) atoms. The third kappa shape index (κ3) is 2.89. The number of pyridine rings is 1. The zero-order valence-electron chi connectivity index (χ0n) is 11.1. The number of halogens is 1. The van der Waals surface area contributed by atoms with Crippen LogP contribution in [0, 0.1) is 0 Å². The highest BCUT2D eigenvalue weighted by Gasteiger charge is 2.17. The summed E-state index contributed by atoms with van der Waals surface area (Å²) in [5.74, 6) is -0.106. The fourth-order valence-electron chi connectivity index (χ4n) is 2.04. The summed E-state index contributed by atoms with van der Waals surface area (Å²) in [6.07, 6.45) is 3.37. The van der Waals surface area contributed by atoms with E-state index in [2.05, 4.69) is 18.1 Å². The van der Waals surface area contributed by atoms with Gasteiger partial charge in [0, 0.05) is 18.5 Å². The molecule has 0 spiro atoms. The van der Waals surface area contributed by atoms with Gasteiger partial charge in [-0.05, 0) is 12.1 Å². The van der Waals surface area contributed by atoms with E-state index in [-0.39, 0.29) is 5.91 Å². The first-order chi connectivity index (χ1) is 9.67. The molecule has 0 aliphatic heterocycles. The molecular weight excluding hydrogens is 272 g/mol. The van der Waals surface area contributed by atoms with E-state index in [4.69, 9.17) is 11.6 Å². The normalized spacial score (nSPS) is 10.2. The van der Waals surface area contributed by atoms with Crippen LogP contribution in [0.5, 0.6) is 0 Å². The van der Waals surface area contributed by atoms with Crippen LogP contribution >= 0.6 is 11.6 Å². The summed E-state index contributed by atoms with van der Waals surface area (Å²) in [4.78, 5) is 18.5.